The number of nitrogens with zero attached hydrogens (tertiary/aromatic N) is 4. The molecular formula is C21H23N5O2S. The molecule has 1 aliphatic rings. The molecule has 0 aromatic carbocycles. The Morgan fingerprint density at radius 3 is 2.72 bits per heavy atom. The molecule has 3 aromatic rings. The highest BCUT2D eigenvalue weighted by atomic mass is 32.1. The van der Waals surface area contributed by atoms with Crippen LogP contribution in [-0.2, 0) is 4.79 Å². The molecule has 7 nitrogen and oxygen atoms in total. The van der Waals surface area contributed by atoms with Gasteiger partial charge >= 0.3 is 5.97 Å². The highest BCUT2D eigenvalue weighted by Crippen LogP contribution is 2.33. The fourth-order valence-corrected chi connectivity index (χ4v) is 4.36. The van der Waals surface area contributed by atoms with Gasteiger partial charge in [-0.2, -0.15) is 0 Å². The van der Waals surface area contributed by atoms with Crippen LogP contribution >= 0.6 is 11.3 Å². The molecule has 29 heavy (non-hydrogen) atoms. The zero-order valence-electron chi connectivity index (χ0n) is 16.2. The van der Waals surface area contributed by atoms with Crippen molar-refractivity contribution in [1.29, 1.82) is 0 Å². The van der Waals surface area contributed by atoms with E-state index >= 15 is 0 Å². The summed E-state index contributed by atoms with van der Waals surface area (Å²) in [5.41, 5.74) is 1.98. The summed E-state index contributed by atoms with van der Waals surface area (Å²) in [4.78, 5) is 27.8. The largest absolute Gasteiger partial charge is 0.481 e. The maximum Gasteiger partial charge on any atom is 0.303 e. The Morgan fingerprint density at radius 1 is 1.17 bits per heavy atom. The number of carboxylic acids is 1. The molecule has 1 saturated heterocycles. The molecule has 0 aliphatic carbocycles. The van der Waals surface area contributed by atoms with Crippen LogP contribution in [0.25, 0.3) is 10.6 Å². The first kappa shape index (κ1) is 19.3. The summed E-state index contributed by atoms with van der Waals surface area (Å²) in [5.74, 6) is 1.06. The number of pyridine rings is 2. The number of anilines is 3. The van der Waals surface area contributed by atoms with Gasteiger partial charge in [-0.1, -0.05) is 23.5 Å². The van der Waals surface area contributed by atoms with Crippen molar-refractivity contribution in [2.75, 3.05) is 23.3 Å². The van der Waals surface area contributed by atoms with E-state index in [0.717, 1.165) is 58.8 Å². The van der Waals surface area contributed by atoms with E-state index in [1.807, 2.05) is 49.6 Å². The number of nitrogens with one attached hydrogen (secondary N) is 1. The second kappa shape index (κ2) is 8.57. The first-order chi connectivity index (χ1) is 14.1. The Hall–Kier alpha value is -3.00. The third-order valence-electron chi connectivity index (χ3n) is 5.01. The van der Waals surface area contributed by atoms with Crippen molar-refractivity contribution >= 4 is 34.1 Å². The lowest BCUT2D eigenvalue weighted by atomic mass is 9.94. The fourth-order valence-electron chi connectivity index (χ4n) is 3.42. The third-order valence-corrected chi connectivity index (χ3v) is 6.09. The van der Waals surface area contributed by atoms with E-state index in [9.17, 15) is 4.79 Å². The van der Waals surface area contributed by atoms with E-state index in [4.69, 9.17) is 10.1 Å². The number of hydrogen-bond acceptors (Lipinski definition) is 7. The van der Waals surface area contributed by atoms with E-state index in [-0.39, 0.29) is 12.3 Å². The lowest BCUT2D eigenvalue weighted by molar-refractivity contribution is -0.138. The molecule has 0 atom stereocenters. The van der Waals surface area contributed by atoms with Crippen molar-refractivity contribution in [1.82, 2.24) is 15.0 Å². The molecule has 2 N–H and O–H groups in total. The smallest absolute Gasteiger partial charge is 0.303 e. The summed E-state index contributed by atoms with van der Waals surface area (Å²) in [7, 11) is 0. The molecule has 0 radical (unpaired) electrons. The van der Waals surface area contributed by atoms with Gasteiger partial charge in [-0.15, -0.1) is 0 Å². The summed E-state index contributed by atoms with van der Waals surface area (Å²) < 4.78 is 0. The van der Waals surface area contributed by atoms with Gasteiger partial charge < -0.3 is 15.3 Å². The first-order valence-electron chi connectivity index (χ1n) is 9.66. The standard InChI is InChI=1S/C21H23N5O2S/c1-14-5-6-18(22-12-14)25-19-4-2-3-16(24-19)17-13-23-21(29-17)26-9-7-15(8-10-26)11-20(27)28/h2-6,12-13,15H,7-11H2,1H3,(H,27,28)(H,22,24,25). The summed E-state index contributed by atoms with van der Waals surface area (Å²) in [6, 6.07) is 9.80. The molecule has 0 unspecified atom stereocenters. The molecule has 3 aromatic heterocycles. The lowest BCUT2D eigenvalue weighted by Crippen LogP contribution is -2.34. The minimum Gasteiger partial charge on any atom is -0.481 e. The number of aliphatic carboxylic acids is 1. The number of thiazole rings is 1. The summed E-state index contributed by atoms with van der Waals surface area (Å²) in [5, 5.41) is 13.2. The van der Waals surface area contributed by atoms with Crippen LogP contribution in [0.1, 0.15) is 24.8 Å². The van der Waals surface area contributed by atoms with E-state index in [1.165, 1.54) is 0 Å². The lowest BCUT2D eigenvalue weighted by Gasteiger charge is -2.30. The summed E-state index contributed by atoms with van der Waals surface area (Å²) >= 11 is 1.62. The van der Waals surface area contributed by atoms with Crippen molar-refractivity contribution in [2.45, 2.75) is 26.2 Å². The molecule has 1 fully saturated rings. The van der Waals surface area contributed by atoms with Crippen molar-refractivity contribution in [2.24, 2.45) is 5.92 Å². The highest BCUT2D eigenvalue weighted by Gasteiger charge is 2.23. The van der Waals surface area contributed by atoms with Crippen molar-refractivity contribution < 1.29 is 9.90 Å². The zero-order chi connectivity index (χ0) is 20.2. The minimum atomic E-state index is -0.708. The van der Waals surface area contributed by atoms with Gasteiger partial charge in [-0.3, -0.25) is 4.79 Å². The Kier molecular flexibility index (Phi) is 5.71. The first-order valence-corrected chi connectivity index (χ1v) is 10.5. The van der Waals surface area contributed by atoms with Gasteiger partial charge in [0.05, 0.1) is 10.6 Å². The molecule has 8 heteroatoms. The second-order valence-electron chi connectivity index (χ2n) is 7.29. The monoisotopic (exact) mass is 409 g/mol. The Morgan fingerprint density at radius 2 is 2.00 bits per heavy atom. The van der Waals surface area contributed by atoms with E-state index in [1.54, 1.807) is 11.3 Å². The number of piperidine rings is 1. The van der Waals surface area contributed by atoms with Gasteiger partial charge in [0, 0.05) is 31.9 Å². The normalized spacial score (nSPS) is 14.7. The van der Waals surface area contributed by atoms with Gasteiger partial charge in [0.25, 0.3) is 0 Å². The average Bonchev–Trinajstić information content (AvgIpc) is 3.20. The number of aromatic nitrogens is 3. The van der Waals surface area contributed by atoms with Gasteiger partial charge in [0.15, 0.2) is 5.13 Å². The van der Waals surface area contributed by atoms with E-state index in [0.29, 0.717) is 0 Å². The van der Waals surface area contributed by atoms with E-state index < -0.39 is 5.97 Å². The van der Waals surface area contributed by atoms with Crippen LogP contribution < -0.4 is 10.2 Å². The van der Waals surface area contributed by atoms with Crippen LogP contribution in [-0.4, -0.2) is 39.1 Å². The molecule has 0 spiro atoms. The highest BCUT2D eigenvalue weighted by molar-refractivity contribution is 7.18. The maximum atomic E-state index is 10.9. The number of carboxylic acid groups (broad SMARTS) is 1. The molecule has 0 bridgehead atoms. The molecule has 4 heterocycles. The number of aryl methyl sites for hydroxylation is 1. The van der Waals surface area contributed by atoms with Gasteiger partial charge in [-0.05, 0) is 49.4 Å². The van der Waals surface area contributed by atoms with Crippen LogP contribution in [0.4, 0.5) is 16.8 Å². The number of hydrogen-bond donors (Lipinski definition) is 2. The van der Waals surface area contributed by atoms with Gasteiger partial charge in [0.2, 0.25) is 0 Å². The topological polar surface area (TPSA) is 91.2 Å². The molecular weight excluding hydrogens is 386 g/mol. The van der Waals surface area contributed by atoms with Crippen LogP contribution in [0, 0.1) is 12.8 Å². The molecule has 0 amide bonds. The average molecular weight is 410 g/mol. The minimum absolute atomic E-state index is 0.260. The predicted molar refractivity (Wildman–Crippen MR) is 115 cm³/mol. The molecule has 0 saturated carbocycles. The summed E-state index contributed by atoms with van der Waals surface area (Å²) in [6.07, 6.45) is 5.72. The van der Waals surface area contributed by atoms with Crippen molar-refractivity contribution in [3.05, 3.63) is 48.3 Å². The SMILES string of the molecule is Cc1ccc(Nc2cccc(-c3cnc(N4CCC(CC(=O)O)CC4)s3)n2)nc1. The van der Waals surface area contributed by atoms with Crippen LogP contribution in [0.15, 0.2) is 42.7 Å². The van der Waals surface area contributed by atoms with Crippen molar-refractivity contribution in [3.8, 4) is 10.6 Å². The van der Waals surface area contributed by atoms with Crippen LogP contribution in [0.5, 0.6) is 0 Å². The van der Waals surface area contributed by atoms with Crippen LogP contribution in [0.3, 0.4) is 0 Å². The van der Waals surface area contributed by atoms with E-state index in [2.05, 4.69) is 20.2 Å². The third kappa shape index (κ3) is 4.89. The molecule has 1 aliphatic heterocycles. The maximum absolute atomic E-state index is 10.9. The Labute approximate surface area is 173 Å². The van der Waals surface area contributed by atoms with Crippen molar-refractivity contribution in [3.63, 3.8) is 0 Å². The quantitative estimate of drug-likeness (QED) is 0.625. The van der Waals surface area contributed by atoms with Crippen LogP contribution in [0.2, 0.25) is 0 Å². The fraction of sp³-hybridized carbons (Fsp3) is 0.333. The summed E-state index contributed by atoms with van der Waals surface area (Å²) in [6.45, 7) is 3.70. The second-order valence-corrected chi connectivity index (χ2v) is 8.30. The Balaban J connectivity index is 1.43. The number of rotatable bonds is 6. The molecule has 4 rings (SSSR count). The Bertz CT molecular complexity index is 981. The zero-order valence-corrected chi connectivity index (χ0v) is 17.0. The van der Waals surface area contributed by atoms with Gasteiger partial charge in [0.1, 0.15) is 11.6 Å². The van der Waals surface area contributed by atoms with Gasteiger partial charge in [-0.25, -0.2) is 15.0 Å². The number of carbonyl (C=O) groups is 1. The molecule has 150 valence electrons. The predicted octanol–water partition coefficient (Wildman–Crippen LogP) is 4.34.